The maximum absolute atomic E-state index is 9.99. The largest absolute Gasteiger partial charge is 0.491 e. The molecule has 0 saturated carbocycles. The van der Waals surface area contributed by atoms with Crippen molar-refractivity contribution in [1.29, 1.82) is 5.26 Å². The smallest absolute Gasteiger partial charge is 0.120 e. The van der Waals surface area contributed by atoms with Gasteiger partial charge in [0.05, 0.1) is 22.8 Å². The van der Waals surface area contributed by atoms with E-state index in [1.165, 1.54) is 0 Å². The van der Waals surface area contributed by atoms with E-state index in [4.69, 9.17) is 10.00 Å². The van der Waals surface area contributed by atoms with Gasteiger partial charge < -0.3 is 9.84 Å². The Morgan fingerprint density at radius 2 is 2.38 bits per heavy atom. The van der Waals surface area contributed by atoms with E-state index in [0.717, 1.165) is 5.69 Å². The van der Waals surface area contributed by atoms with Crippen LogP contribution in [0, 0.1) is 11.3 Å². The fraction of sp³-hybridized carbons (Fsp3) is 0.333. The highest BCUT2D eigenvalue weighted by Gasteiger charge is 2.10. The lowest BCUT2D eigenvalue weighted by atomic mass is 10.2. The van der Waals surface area contributed by atoms with Gasteiger partial charge in [0.15, 0.2) is 0 Å². The van der Waals surface area contributed by atoms with Crippen molar-refractivity contribution >= 4 is 11.3 Å². The fourth-order valence-electron chi connectivity index (χ4n) is 1.92. The molecule has 1 N–H and O–H groups in total. The molecule has 1 aromatic heterocycles. The summed E-state index contributed by atoms with van der Waals surface area (Å²) < 4.78 is 5.51. The van der Waals surface area contributed by atoms with E-state index in [1.807, 2.05) is 17.3 Å². The molecule has 1 aromatic carbocycles. The second-order valence-electron chi connectivity index (χ2n) is 4.78. The number of hydrogen-bond donors (Lipinski definition) is 1. The summed E-state index contributed by atoms with van der Waals surface area (Å²) in [4.78, 5) is 6.20. The van der Waals surface area contributed by atoms with Crippen LogP contribution in [0.5, 0.6) is 5.75 Å². The van der Waals surface area contributed by atoms with Crippen molar-refractivity contribution in [2.24, 2.45) is 0 Å². The van der Waals surface area contributed by atoms with Gasteiger partial charge in [0.1, 0.15) is 18.5 Å². The number of ether oxygens (including phenoxy) is 1. The van der Waals surface area contributed by atoms with Gasteiger partial charge in [-0.2, -0.15) is 5.26 Å². The molecular weight excluding hydrogens is 286 g/mol. The van der Waals surface area contributed by atoms with Gasteiger partial charge in [-0.3, -0.25) is 4.90 Å². The van der Waals surface area contributed by atoms with Gasteiger partial charge in [0.25, 0.3) is 0 Å². The summed E-state index contributed by atoms with van der Waals surface area (Å²) in [5.41, 5.74) is 3.34. The van der Waals surface area contributed by atoms with Crippen LogP contribution in [0.1, 0.15) is 11.3 Å². The molecule has 0 spiro atoms. The number of rotatable bonds is 7. The van der Waals surface area contributed by atoms with E-state index in [2.05, 4.69) is 11.1 Å². The Morgan fingerprint density at radius 1 is 1.52 bits per heavy atom. The predicted octanol–water partition coefficient (Wildman–Crippen LogP) is 1.89. The Balaban J connectivity index is 1.76. The maximum Gasteiger partial charge on any atom is 0.120 e. The lowest BCUT2D eigenvalue weighted by Gasteiger charge is -2.20. The predicted molar refractivity (Wildman–Crippen MR) is 81.1 cm³/mol. The summed E-state index contributed by atoms with van der Waals surface area (Å²) in [6.45, 7) is 1.39. The number of benzene rings is 1. The van der Waals surface area contributed by atoms with Gasteiger partial charge in [-0.05, 0) is 25.2 Å². The molecule has 0 amide bonds. The summed E-state index contributed by atoms with van der Waals surface area (Å²) >= 11 is 1.56. The first-order chi connectivity index (χ1) is 10.2. The number of hydrogen-bond acceptors (Lipinski definition) is 6. The third-order valence-electron chi connectivity index (χ3n) is 2.84. The molecule has 0 aliphatic rings. The van der Waals surface area contributed by atoms with Gasteiger partial charge in [-0.15, -0.1) is 11.3 Å². The lowest BCUT2D eigenvalue weighted by Crippen LogP contribution is -2.32. The Kier molecular flexibility index (Phi) is 5.69. The van der Waals surface area contributed by atoms with E-state index in [9.17, 15) is 5.11 Å². The summed E-state index contributed by atoms with van der Waals surface area (Å²) in [7, 11) is 1.93. The first-order valence-corrected chi connectivity index (χ1v) is 7.48. The first-order valence-electron chi connectivity index (χ1n) is 6.54. The number of nitrogens with zero attached hydrogens (tertiary/aromatic N) is 3. The SMILES string of the molecule is CN(Cc1cscn1)CC(O)COc1cccc(C#N)c1. The zero-order chi connectivity index (χ0) is 15.1. The summed E-state index contributed by atoms with van der Waals surface area (Å²) in [5, 5.41) is 20.8. The Hall–Kier alpha value is -1.94. The highest BCUT2D eigenvalue weighted by molar-refractivity contribution is 7.07. The molecule has 110 valence electrons. The van der Waals surface area contributed by atoms with Crippen LogP contribution >= 0.6 is 11.3 Å². The molecule has 1 heterocycles. The van der Waals surface area contributed by atoms with Crippen molar-refractivity contribution in [3.8, 4) is 11.8 Å². The van der Waals surface area contributed by atoms with Crippen molar-refractivity contribution in [1.82, 2.24) is 9.88 Å². The summed E-state index contributed by atoms with van der Waals surface area (Å²) in [5.74, 6) is 0.593. The van der Waals surface area contributed by atoms with Crippen LogP contribution in [0.3, 0.4) is 0 Å². The highest BCUT2D eigenvalue weighted by Crippen LogP contribution is 2.13. The summed E-state index contributed by atoms with van der Waals surface area (Å²) in [6, 6.07) is 8.96. The zero-order valence-electron chi connectivity index (χ0n) is 11.8. The molecule has 2 rings (SSSR count). The number of aliphatic hydroxyl groups excluding tert-OH is 1. The van der Waals surface area contributed by atoms with Crippen LogP contribution < -0.4 is 4.74 Å². The third kappa shape index (κ3) is 5.16. The minimum atomic E-state index is -0.598. The Labute approximate surface area is 128 Å². The molecule has 5 nitrogen and oxygen atoms in total. The molecule has 21 heavy (non-hydrogen) atoms. The van der Waals surface area contributed by atoms with Gasteiger partial charge in [-0.1, -0.05) is 6.07 Å². The molecule has 0 radical (unpaired) electrons. The molecule has 0 bridgehead atoms. The number of nitriles is 1. The molecule has 1 unspecified atom stereocenters. The second kappa shape index (κ2) is 7.74. The quantitative estimate of drug-likeness (QED) is 0.846. The minimum absolute atomic E-state index is 0.191. The summed E-state index contributed by atoms with van der Waals surface area (Å²) in [6.07, 6.45) is -0.598. The molecule has 1 atom stereocenters. The van der Waals surface area contributed by atoms with Crippen LogP contribution in [0.25, 0.3) is 0 Å². The van der Waals surface area contributed by atoms with Crippen LogP contribution in [0.4, 0.5) is 0 Å². The molecule has 2 aromatic rings. The Bertz CT molecular complexity index is 595. The van der Waals surface area contributed by atoms with Crippen molar-refractivity contribution in [3.05, 3.63) is 46.4 Å². The van der Waals surface area contributed by atoms with E-state index in [-0.39, 0.29) is 6.61 Å². The van der Waals surface area contributed by atoms with Crippen molar-refractivity contribution < 1.29 is 9.84 Å². The van der Waals surface area contributed by atoms with E-state index < -0.39 is 6.10 Å². The monoisotopic (exact) mass is 303 g/mol. The second-order valence-corrected chi connectivity index (χ2v) is 5.50. The molecule has 0 aliphatic heterocycles. The maximum atomic E-state index is 9.99. The first kappa shape index (κ1) is 15.4. The van der Waals surface area contributed by atoms with Crippen molar-refractivity contribution in [2.75, 3.05) is 20.2 Å². The molecule has 6 heteroatoms. The van der Waals surface area contributed by atoms with E-state index >= 15 is 0 Å². The fourth-order valence-corrected chi connectivity index (χ4v) is 2.47. The molecule has 0 saturated heterocycles. The van der Waals surface area contributed by atoms with Crippen molar-refractivity contribution in [3.63, 3.8) is 0 Å². The van der Waals surface area contributed by atoms with E-state index in [1.54, 1.807) is 41.1 Å². The minimum Gasteiger partial charge on any atom is -0.491 e. The van der Waals surface area contributed by atoms with Crippen LogP contribution in [0.2, 0.25) is 0 Å². The van der Waals surface area contributed by atoms with Crippen LogP contribution in [0.15, 0.2) is 35.2 Å². The van der Waals surface area contributed by atoms with Gasteiger partial charge >= 0.3 is 0 Å². The molecular formula is C15H17N3O2S. The number of likely N-dealkylation sites (N-methyl/N-ethyl adjacent to an activating group) is 1. The standard InChI is InChI=1S/C15H17N3O2S/c1-18(7-13-10-21-11-17-13)8-14(19)9-20-15-4-2-3-12(5-15)6-16/h2-5,10-11,14,19H,7-9H2,1H3. The van der Waals surface area contributed by atoms with Crippen LogP contribution in [-0.4, -0.2) is 41.3 Å². The van der Waals surface area contributed by atoms with Crippen LogP contribution in [-0.2, 0) is 6.54 Å². The average Bonchev–Trinajstić information content (AvgIpc) is 2.98. The number of aromatic nitrogens is 1. The van der Waals surface area contributed by atoms with Gasteiger partial charge in [-0.25, -0.2) is 4.98 Å². The van der Waals surface area contributed by atoms with Gasteiger partial charge in [0, 0.05) is 18.5 Å². The van der Waals surface area contributed by atoms with Gasteiger partial charge in [0.2, 0.25) is 0 Å². The van der Waals surface area contributed by atoms with Crippen molar-refractivity contribution in [2.45, 2.75) is 12.6 Å². The molecule has 0 aliphatic carbocycles. The Morgan fingerprint density at radius 3 is 3.10 bits per heavy atom. The average molecular weight is 303 g/mol. The third-order valence-corrected chi connectivity index (χ3v) is 3.48. The zero-order valence-corrected chi connectivity index (χ0v) is 12.6. The topological polar surface area (TPSA) is 69.4 Å². The number of thiazole rings is 1. The molecule has 0 fully saturated rings. The normalized spacial score (nSPS) is 12.1. The van der Waals surface area contributed by atoms with E-state index in [0.29, 0.717) is 24.4 Å². The lowest BCUT2D eigenvalue weighted by molar-refractivity contribution is 0.0741. The number of aliphatic hydroxyl groups is 1. The highest BCUT2D eigenvalue weighted by atomic mass is 32.1.